The molecule has 3 aromatic rings. The summed E-state index contributed by atoms with van der Waals surface area (Å²) in [4.78, 5) is 42.9. The van der Waals surface area contributed by atoms with Gasteiger partial charge in [0.1, 0.15) is 0 Å². The van der Waals surface area contributed by atoms with Crippen molar-refractivity contribution < 1.29 is 19.1 Å². The molecule has 1 fully saturated rings. The van der Waals surface area contributed by atoms with E-state index in [4.69, 9.17) is 4.74 Å². The first-order valence-electron chi connectivity index (χ1n) is 9.40. The number of benzene rings is 2. The Kier molecular flexibility index (Phi) is 4.03. The number of para-hydroxylation sites is 2. The Morgan fingerprint density at radius 3 is 2.79 bits per heavy atom. The molecule has 6 nitrogen and oxygen atoms in total. The fourth-order valence-electron chi connectivity index (χ4n) is 4.22. The maximum atomic E-state index is 13.1. The van der Waals surface area contributed by atoms with E-state index in [0.29, 0.717) is 12.0 Å². The first-order chi connectivity index (χ1) is 14.0. The van der Waals surface area contributed by atoms with E-state index in [-0.39, 0.29) is 24.7 Å². The number of fused-ring (bicyclic) bond motifs is 4. The highest BCUT2D eigenvalue weighted by Gasteiger charge is 2.58. The molecule has 1 aromatic heterocycles. The first-order valence-corrected chi connectivity index (χ1v) is 10.2. The number of ether oxygens (including phenoxy) is 1. The zero-order chi connectivity index (χ0) is 20.2. The van der Waals surface area contributed by atoms with E-state index >= 15 is 0 Å². The lowest BCUT2D eigenvalue weighted by molar-refractivity contribution is -0.145. The number of nitrogens with zero attached hydrogens (tertiary/aromatic N) is 1. The summed E-state index contributed by atoms with van der Waals surface area (Å²) in [5.41, 5.74) is 2.88. The van der Waals surface area contributed by atoms with E-state index in [1.165, 1.54) is 16.7 Å². The minimum absolute atomic E-state index is 0.0989. The molecule has 0 aliphatic carbocycles. The fourth-order valence-corrected chi connectivity index (χ4v) is 5.64. The van der Waals surface area contributed by atoms with Crippen molar-refractivity contribution in [1.82, 2.24) is 4.98 Å². The van der Waals surface area contributed by atoms with E-state index in [1.807, 2.05) is 55.5 Å². The molecule has 2 aliphatic heterocycles. The number of thioether (sulfide) groups is 1. The van der Waals surface area contributed by atoms with Crippen molar-refractivity contribution in [3.63, 3.8) is 0 Å². The topological polar surface area (TPSA) is 79.5 Å². The van der Waals surface area contributed by atoms with Crippen molar-refractivity contribution in [3.05, 3.63) is 59.8 Å². The van der Waals surface area contributed by atoms with Gasteiger partial charge in [0.05, 0.1) is 5.69 Å². The monoisotopic (exact) mass is 406 g/mol. The van der Waals surface area contributed by atoms with Gasteiger partial charge in [0.25, 0.3) is 0 Å². The lowest BCUT2D eigenvalue weighted by Crippen LogP contribution is -2.48. The van der Waals surface area contributed by atoms with Crippen LogP contribution in [-0.4, -0.2) is 34.1 Å². The lowest BCUT2D eigenvalue weighted by Gasteiger charge is -2.28. The number of carbonyl (C=O) groups excluding carboxylic acids is 3. The number of Topliss-reactive ketones (excluding diaryl/α,β-unsaturated/α-hetero) is 1. The van der Waals surface area contributed by atoms with E-state index < -0.39 is 10.8 Å². The lowest BCUT2D eigenvalue weighted by atomic mass is 10.1. The molecule has 2 aliphatic rings. The van der Waals surface area contributed by atoms with Crippen LogP contribution in [0.3, 0.4) is 0 Å². The number of hydrogen-bond donors (Lipinski definition) is 1. The Labute approximate surface area is 171 Å². The average Bonchev–Trinajstić information content (AvgIpc) is 3.35. The Bertz CT molecular complexity index is 1180. The molecule has 3 heterocycles. The van der Waals surface area contributed by atoms with Crippen molar-refractivity contribution >= 4 is 46.0 Å². The average molecular weight is 406 g/mol. The van der Waals surface area contributed by atoms with Gasteiger partial charge in [0.15, 0.2) is 11.5 Å². The molecule has 7 heteroatoms. The molecule has 1 saturated heterocycles. The molecular weight excluding hydrogens is 388 g/mol. The van der Waals surface area contributed by atoms with Crippen LogP contribution >= 0.6 is 11.8 Å². The second kappa shape index (κ2) is 6.49. The third-order valence-corrected chi connectivity index (χ3v) is 6.96. The molecule has 1 amide bonds. The number of carbonyl (C=O) groups is 3. The summed E-state index contributed by atoms with van der Waals surface area (Å²) in [6.07, 6.45) is 0.649. The smallest absolute Gasteiger partial charge is 0.343 e. The van der Waals surface area contributed by atoms with Crippen molar-refractivity contribution in [3.8, 4) is 0 Å². The molecule has 29 heavy (non-hydrogen) atoms. The quantitative estimate of drug-likeness (QED) is 0.526. The van der Waals surface area contributed by atoms with Gasteiger partial charge in [-0.3, -0.25) is 14.5 Å². The Hall–Kier alpha value is -3.06. The minimum Gasteiger partial charge on any atom is -0.455 e. The molecular formula is C22H18N2O4S. The number of esters is 1. The second-order valence-corrected chi connectivity index (χ2v) is 8.57. The first kappa shape index (κ1) is 18.0. The number of amides is 1. The number of hydrogen-bond acceptors (Lipinski definition) is 5. The van der Waals surface area contributed by atoms with Crippen molar-refractivity contribution in [1.29, 1.82) is 0 Å². The van der Waals surface area contributed by atoms with Crippen LogP contribution in [0, 0.1) is 6.92 Å². The summed E-state index contributed by atoms with van der Waals surface area (Å²) >= 11 is 1.33. The van der Waals surface area contributed by atoms with Gasteiger partial charge in [0.2, 0.25) is 11.7 Å². The highest BCUT2D eigenvalue weighted by molar-refractivity contribution is 8.02. The molecule has 0 unspecified atom stereocenters. The third kappa shape index (κ3) is 2.61. The largest absolute Gasteiger partial charge is 0.455 e. The standard InChI is InChI=1S/C22H18N2O4S/c1-13-20(14-6-2-3-7-15(14)23-13)17(25)12-28-21(27)22-11-10-19(26)24(22)16-8-4-5-9-18(16)29-22/h2-9,23H,10-12H2,1H3/t22-/m1/s1. The molecule has 146 valence electrons. The summed E-state index contributed by atoms with van der Waals surface area (Å²) in [5, 5.41) is 0.810. The summed E-state index contributed by atoms with van der Waals surface area (Å²) in [5.74, 6) is -0.908. The van der Waals surface area contributed by atoms with Crippen molar-refractivity contribution in [2.24, 2.45) is 0 Å². The number of ketones is 1. The van der Waals surface area contributed by atoms with Crippen LogP contribution in [0.4, 0.5) is 5.69 Å². The number of aryl methyl sites for hydroxylation is 1. The molecule has 0 radical (unpaired) electrons. The van der Waals surface area contributed by atoms with Gasteiger partial charge >= 0.3 is 5.97 Å². The molecule has 1 atom stereocenters. The van der Waals surface area contributed by atoms with E-state index in [0.717, 1.165) is 27.2 Å². The van der Waals surface area contributed by atoms with Gasteiger partial charge in [-0.25, -0.2) is 4.79 Å². The van der Waals surface area contributed by atoms with E-state index in [1.54, 1.807) is 0 Å². The van der Waals surface area contributed by atoms with Crippen LogP contribution < -0.4 is 4.90 Å². The van der Waals surface area contributed by atoms with Gasteiger partial charge in [-0.05, 0) is 25.1 Å². The zero-order valence-corrected chi connectivity index (χ0v) is 16.5. The normalized spacial score (nSPS) is 20.0. The summed E-state index contributed by atoms with van der Waals surface area (Å²) in [6.45, 7) is 1.47. The molecule has 5 rings (SSSR count). The van der Waals surface area contributed by atoms with Gasteiger partial charge in [-0.1, -0.05) is 42.1 Å². The predicted molar refractivity (Wildman–Crippen MR) is 110 cm³/mol. The Balaban J connectivity index is 1.39. The van der Waals surface area contributed by atoms with Crippen LogP contribution in [0.25, 0.3) is 10.9 Å². The number of H-pyrrole nitrogens is 1. The summed E-state index contributed by atoms with van der Waals surface area (Å²) < 4.78 is 5.48. The SMILES string of the molecule is Cc1[nH]c2ccccc2c1C(=O)COC(=O)[C@]12CCC(=O)N1c1ccccc1S2. The summed E-state index contributed by atoms with van der Waals surface area (Å²) in [7, 11) is 0. The van der Waals surface area contributed by atoms with Crippen molar-refractivity contribution in [2.75, 3.05) is 11.5 Å². The summed E-state index contributed by atoms with van der Waals surface area (Å²) in [6, 6.07) is 15.0. The predicted octanol–water partition coefficient (Wildman–Crippen LogP) is 3.83. The highest BCUT2D eigenvalue weighted by atomic mass is 32.2. The molecule has 0 saturated carbocycles. The van der Waals surface area contributed by atoms with Crippen molar-refractivity contribution in [2.45, 2.75) is 29.5 Å². The van der Waals surface area contributed by atoms with Gasteiger partial charge in [0, 0.05) is 39.9 Å². The molecule has 0 bridgehead atoms. The molecule has 1 N–H and O–H groups in total. The van der Waals surface area contributed by atoms with E-state index in [2.05, 4.69) is 4.98 Å². The van der Waals surface area contributed by atoms with Crippen LogP contribution in [0.2, 0.25) is 0 Å². The number of nitrogens with one attached hydrogen (secondary N) is 1. The molecule has 0 spiro atoms. The van der Waals surface area contributed by atoms with Gasteiger partial charge < -0.3 is 9.72 Å². The zero-order valence-electron chi connectivity index (χ0n) is 15.7. The molecule has 2 aromatic carbocycles. The second-order valence-electron chi connectivity index (χ2n) is 7.25. The third-order valence-electron chi connectivity index (χ3n) is 5.50. The van der Waals surface area contributed by atoms with E-state index in [9.17, 15) is 14.4 Å². The number of rotatable bonds is 4. The van der Waals surface area contributed by atoms with Gasteiger partial charge in [-0.15, -0.1) is 0 Å². The number of anilines is 1. The Morgan fingerprint density at radius 2 is 1.93 bits per heavy atom. The van der Waals surface area contributed by atoms with Crippen LogP contribution in [0.1, 0.15) is 28.9 Å². The number of aromatic amines is 1. The van der Waals surface area contributed by atoms with Crippen LogP contribution in [0.5, 0.6) is 0 Å². The maximum Gasteiger partial charge on any atom is 0.343 e. The van der Waals surface area contributed by atoms with Crippen LogP contribution in [0.15, 0.2) is 53.4 Å². The minimum atomic E-state index is -1.11. The highest BCUT2D eigenvalue weighted by Crippen LogP contribution is 2.56. The Morgan fingerprint density at radius 1 is 1.17 bits per heavy atom. The van der Waals surface area contributed by atoms with Gasteiger partial charge in [-0.2, -0.15) is 0 Å². The van der Waals surface area contributed by atoms with Crippen LogP contribution in [-0.2, 0) is 14.3 Å². The fraction of sp³-hybridized carbons (Fsp3) is 0.227. The number of aromatic nitrogens is 1. The maximum absolute atomic E-state index is 13.1.